The van der Waals surface area contributed by atoms with Gasteiger partial charge in [-0.05, 0) is 50.2 Å². The number of amides is 1. The highest BCUT2D eigenvalue weighted by atomic mass is 32.1. The fourth-order valence-electron chi connectivity index (χ4n) is 2.71. The van der Waals surface area contributed by atoms with E-state index in [1.54, 1.807) is 12.1 Å². The summed E-state index contributed by atoms with van der Waals surface area (Å²) in [5, 5.41) is 0. The largest absolute Gasteiger partial charge is 0.494 e. The SMILES string of the molecule is CCOCCn1c(=NC(=O)COc2ccc(OCC)cc2)sc2ccccc21. The molecule has 28 heavy (non-hydrogen) atoms. The lowest BCUT2D eigenvalue weighted by atomic mass is 10.3. The zero-order valence-corrected chi connectivity index (χ0v) is 16.9. The van der Waals surface area contributed by atoms with Crippen molar-refractivity contribution in [3.05, 3.63) is 53.3 Å². The topological polar surface area (TPSA) is 62.1 Å². The molecule has 0 spiro atoms. The molecule has 1 aromatic heterocycles. The third-order valence-electron chi connectivity index (χ3n) is 3.97. The molecular weight excluding hydrogens is 376 g/mol. The number of nitrogens with zero attached hydrogens (tertiary/aromatic N) is 2. The number of rotatable bonds is 9. The molecular formula is C21H24N2O4S. The molecule has 0 unspecified atom stereocenters. The Morgan fingerprint density at radius 1 is 1.00 bits per heavy atom. The van der Waals surface area contributed by atoms with Crippen molar-refractivity contribution in [2.24, 2.45) is 4.99 Å². The molecule has 0 aliphatic carbocycles. The van der Waals surface area contributed by atoms with Crippen molar-refractivity contribution < 1.29 is 19.0 Å². The maximum absolute atomic E-state index is 12.4. The third kappa shape index (κ3) is 5.21. The maximum Gasteiger partial charge on any atom is 0.286 e. The number of ether oxygens (including phenoxy) is 3. The van der Waals surface area contributed by atoms with E-state index in [4.69, 9.17) is 14.2 Å². The van der Waals surface area contributed by atoms with Crippen LogP contribution in [0.3, 0.4) is 0 Å². The van der Waals surface area contributed by atoms with E-state index in [1.807, 2.05) is 54.8 Å². The lowest BCUT2D eigenvalue weighted by Crippen LogP contribution is -2.21. The molecule has 148 valence electrons. The summed E-state index contributed by atoms with van der Waals surface area (Å²) in [7, 11) is 0. The number of fused-ring (bicyclic) bond motifs is 1. The molecule has 3 rings (SSSR count). The van der Waals surface area contributed by atoms with Crippen LogP contribution >= 0.6 is 11.3 Å². The Morgan fingerprint density at radius 3 is 2.43 bits per heavy atom. The standard InChI is InChI=1S/C21H24N2O4S/c1-3-25-14-13-23-18-7-5-6-8-19(18)28-21(23)22-20(24)15-27-17-11-9-16(10-12-17)26-4-2/h5-12H,3-4,13-15H2,1-2H3. The van der Waals surface area contributed by atoms with E-state index in [-0.39, 0.29) is 12.5 Å². The minimum atomic E-state index is -0.328. The van der Waals surface area contributed by atoms with Crippen molar-refractivity contribution in [1.82, 2.24) is 4.57 Å². The molecule has 0 radical (unpaired) electrons. The Kier molecular flexibility index (Phi) is 7.22. The second-order valence-corrected chi connectivity index (χ2v) is 6.91. The van der Waals surface area contributed by atoms with Crippen LogP contribution in [0.15, 0.2) is 53.5 Å². The highest BCUT2D eigenvalue weighted by Gasteiger charge is 2.08. The highest BCUT2D eigenvalue weighted by molar-refractivity contribution is 7.16. The average Bonchev–Trinajstić information content (AvgIpc) is 3.05. The monoisotopic (exact) mass is 400 g/mol. The summed E-state index contributed by atoms with van der Waals surface area (Å²) < 4.78 is 19.5. The van der Waals surface area contributed by atoms with Gasteiger partial charge in [0.05, 0.1) is 23.4 Å². The first-order chi connectivity index (χ1) is 13.7. The number of aromatic nitrogens is 1. The van der Waals surface area contributed by atoms with Crippen LogP contribution in [0.2, 0.25) is 0 Å². The maximum atomic E-state index is 12.4. The van der Waals surface area contributed by atoms with Crippen LogP contribution in [0, 0.1) is 0 Å². The van der Waals surface area contributed by atoms with Crippen molar-refractivity contribution >= 4 is 27.5 Å². The molecule has 1 heterocycles. The molecule has 1 amide bonds. The van der Waals surface area contributed by atoms with Gasteiger partial charge in [-0.3, -0.25) is 4.79 Å². The van der Waals surface area contributed by atoms with E-state index in [2.05, 4.69) is 4.99 Å². The molecule has 6 nitrogen and oxygen atoms in total. The second kappa shape index (κ2) is 10.1. The van der Waals surface area contributed by atoms with Crippen molar-refractivity contribution in [1.29, 1.82) is 0 Å². The lowest BCUT2D eigenvalue weighted by Gasteiger charge is -2.06. The van der Waals surface area contributed by atoms with Gasteiger partial charge in [0.1, 0.15) is 11.5 Å². The van der Waals surface area contributed by atoms with Gasteiger partial charge in [0.25, 0.3) is 5.91 Å². The van der Waals surface area contributed by atoms with E-state index < -0.39 is 0 Å². The first-order valence-corrected chi connectivity index (χ1v) is 10.1. The quantitative estimate of drug-likeness (QED) is 0.515. The van der Waals surface area contributed by atoms with Crippen LogP contribution in [0.4, 0.5) is 0 Å². The summed E-state index contributed by atoms with van der Waals surface area (Å²) in [5.74, 6) is 1.05. The Hall–Kier alpha value is -2.64. The van der Waals surface area contributed by atoms with Crippen LogP contribution in [-0.2, 0) is 16.1 Å². The fourth-order valence-corrected chi connectivity index (χ4v) is 3.78. The molecule has 0 saturated heterocycles. The predicted molar refractivity (Wildman–Crippen MR) is 110 cm³/mol. The molecule has 7 heteroatoms. The van der Waals surface area contributed by atoms with E-state index in [0.717, 1.165) is 16.0 Å². The zero-order chi connectivity index (χ0) is 19.8. The average molecular weight is 401 g/mol. The fraction of sp³-hybridized carbons (Fsp3) is 0.333. The number of hydrogen-bond donors (Lipinski definition) is 0. The van der Waals surface area contributed by atoms with Gasteiger partial charge in [0.15, 0.2) is 11.4 Å². The van der Waals surface area contributed by atoms with Gasteiger partial charge >= 0.3 is 0 Å². The van der Waals surface area contributed by atoms with Crippen molar-refractivity contribution in [3.8, 4) is 11.5 Å². The number of para-hydroxylation sites is 1. The summed E-state index contributed by atoms with van der Waals surface area (Å²) in [6.45, 7) is 6.25. The Bertz CT molecular complexity index is 976. The van der Waals surface area contributed by atoms with E-state index >= 15 is 0 Å². The highest BCUT2D eigenvalue weighted by Crippen LogP contribution is 2.18. The smallest absolute Gasteiger partial charge is 0.286 e. The first-order valence-electron chi connectivity index (χ1n) is 9.30. The Morgan fingerprint density at radius 2 is 1.71 bits per heavy atom. The summed E-state index contributed by atoms with van der Waals surface area (Å²) in [6, 6.07) is 15.2. The zero-order valence-electron chi connectivity index (χ0n) is 16.1. The first kappa shape index (κ1) is 20.1. The summed E-state index contributed by atoms with van der Waals surface area (Å²) >= 11 is 1.49. The van der Waals surface area contributed by atoms with Gasteiger partial charge in [-0.2, -0.15) is 4.99 Å². The van der Waals surface area contributed by atoms with Gasteiger partial charge in [-0.25, -0.2) is 0 Å². The molecule has 0 saturated carbocycles. The van der Waals surface area contributed by atoms with Crippen molar-refractivity contribution in [3.63, 3.8) is 0 Å². The summed E-state index contributed by atoms with van der Waals surface area (Å²) in [4.78, 5) is 17.3. The van der Waals surface area contributed by atoms with Gasteiger partial charge in [-0.15, -0.1) is 0 Å². The minimum absolute atomic E-state index is 0.117. The second-order valence-electron chi connectivity index (χ2n) is 5.90. The Balaban J connectivity index is 1.73. The van der Waals surface area contributed by atoms with E-state index in [0.29, 0.717) is 36.9 Å². The van der Waals surface area contributed by atoms with Crippen LogP contribution in [0.1, 0.15) is 13.8 Å². The number of carbonyl (C=O) groups excluding carboxylic acids is 1. The van der Waals surface area contributed by atoms with Gasteiger partial charge in [0.2, 0.25) is 0 Å². The van der Waals surface area contributed by atoms with Crippen LogP contribution in [-0.4, -0.2) is 36.9 Å². The van der Waals surface area contributed by atoms with Gasteiger partial charge < -0.3 is 18.8 Å². The molecule has 0 aliphatic rings. The summed E-state index contributed by atoms with van der Waals surface area (Å²) in [5.41, 5.74) is 1.05. The van der Waals surface area contributed by atoms with Crippen LogP contribution in [0.25, 0.3) is 10.2 Å². The van der Waals surface area contributed by atoms with Gasteiger partial charge in [0, 0.05) is 13.2 Å². The molecule has 0 fully saturated rings. The molecule has 2 aromatic carbocycles. The van der Waals surface area contributed by atoms with Crippen molar-refractivity contribution in [2.75, 3.05) is 26.4 Å². The molecule has 0 aliphatic heterocycles. The van der Waals surface area contributed by atoms with Crippen LogP contribution < -0.4 is 14.3 Å². The Labute approximate surface area is 168 Å². The molecule has 0 atom stereocenters. The molecule has 0 N–H and O–H groups in total. The number of thiazole rings is 1. The molecule has 3 aromatic rings. The van der Waals surface area contributed by atoms with Crippen LogP contribution in [0.5, 0.6) is 11.5 Å². The number of carbonyl (C=O) groups is 1. The minimum Gasteiger partial charge on any atom is -0.494 e. The van der Waals surface area contributed by atoms with E-state index in [9.17, 15) is 4.79 Å². The predicted octanol–water partition coefficient (Wildman–Crippen LogP) is 3.64. The molecule has 0 bridgehead atoms. The summed E-state index contributed by atoms with van der Waals surface area (Å²) in [6.07, 6.45) is 0. The number of hydrogen-bond acceptors (Lipinski definition) is 5. The van der Waals surface area contributed by atoms with E-state index in [1.165, 1.54) is 11.3 Å². The lowest BCUT2D eigenvalue weighted by molar-refractivity contribution is -0.120. The normalized spacial score (nSPS) is 11.7. The number of benzene rings is 2. The third-order valence-corrected chi connectivity index (χ3v) is 5.03. The van der Waals surface area contributed by atoms with Gasteiger partial charge in [-0.1, -0.05) is 23.5 Å². The van der Waals surface area contributed by atoms with Crippen molar-refractivity contribution in [2.45, 2.75) is 20.4 Å².